The van der Waals surface area contributed by atoms with E-state index in [9.17, 15) is 4.79 Å². The van der Waals surface area contributed by atoms with E-state index in [-0.39, 0.29) is 6.42 Å². The highest BCUT2D eigenvalue weighted by atomic mass is 32.2. The minimum Gasteiger partial charge on any atom is -0.481 e. The van der Waals surface area contributed by atoms with E-state index in [1.807, 2.05) is 11.8 Å². The number of nitrogens with one attached hydrogen (secondary N) is 1. The minimum absolute atomic E-state index is 0.281. The zero-order valence-corrected chi connectivity index (χ0v) is 9.48. The Morgan fingerprint density at radius 1 is 1.57 bits per heavy atom. The maximum absolute atomic E-state index is 10.3. The van der Waals surface area contributed by atoms with E-state index in [0.717, 1.165) is 18.2 Å². The quantitative estimate of drug-likeness (QED) is 0.665. The molecule has 0 bridgehead atoms. The van der Waals surface area contributed by atoms with Gasteiger partial charge < -0.3 is 10.4 Å². The molecule has 0 aliphatic heterocycles. The molecule has 0 aromatic heterocycles. The zero-order valence-electron chi connectivity index (χ0n) is 8.66. The molecule has 1 rings (SSSR count). The molecule has 2 atom stereocenters. The lowest BCUT2D eigenvalue weighted by atomic mass is 10.2. The Balaban J connectivity index is 2.08. The lowest BCUT2D eigenvalue weighted by Crippen LogP contribution is -2.34. The van der Waals surface area contributed by atoms with Crippen LogP contribution in [0.1, 0.15) is 32.1 Å². The fraction of sp³-hybridized carbons (Fsp3) is 0.900. The summed E-state index contributed by atoms with van der Waals surface area (Å²) in [5, 5.41) is 12.7. The first-order chi connectivity index (χ1) is 6.74. The summed E-state index contributed by atoms with van der Waals surface area (Å²) in [6.45, 7) is 0.841. The van der Waals surface area contributed by atoms with Gasteiger partial charge in [-0.25, -0.2) is 0 Å². The summed E-state index contributed by atoms with van der Waals surface area (Å²) in [6, 6.07) is 0.610. The summed E-state index contributed by atoms with van der Waals surface area (Å²) >= 11 is 1.93. The third kappa shape index (κ3) is 3.88. The first-order valence-corrected chi connectivity index (χ1v) is 6.51. The second-order valence-electron chi connectivity index (χ2n) is 3.76. The summed E-state index contributed by atoms with van der Waals surface area (Å²) in [7, 11) is 0. The highest BCUT2D eigenvalue weighted by Crippen LogP contribution is 2.28. The summed E-state index contributed by atoms with van der Waals surface area (Å²) in [4.78, 5) is 10.3. The van der Waals surface area contributed by atoms with Crippen molar-refractivity contribution in [1.82, 2.24) is 5.32 Å². The van der Waals surface area contributed by atoms with Crippen molar-refractivity contribution < 1.29 is 9.90 Å². The van der Waals surface area contributed by atoms with Crippen LogP contribution in [0.3, 0.4) is 0 Å². The smallest absolute Gasteiger partial charge is 0.303 e. The van der Waals surface area contributed by atoms with Crippen molar-refractivity contribution in [3.8, 4) is 0 Å². The van der Waals surface area contributed by atoms with E-state index in [4.69, 9.17) is 5.11 Å². The summed E-state index contributed by atoms with van der Waals surface area (Å²) in [6.07, 6.45) is 7.04. The third-order valence-corrected chi connectivity index (χ3v) is 3.90. The van der Waals surface area contributed by atoms with E-state index >= 15 is 0 Å². The molecule has 2 unspecified atom stereocenters. The molecule has 1 saturated carbocycles. The van der Waals surface area contributed by atoms with Gasteiger partial charge in [-0.1, -0.05) is 6.42 Å². The SMILES string of the molecule is CSC1CCCC1NCCCC(=O)O. The lowest BCUT2D eigenvalue weighted by molar-refractivity contribution is -0.137. The van der Waals surface area contributed by atoms with E-state index < -0.39 is 5.97 Å². The Bertz CT molecular complexity index is 187. The molecule has 2 N–H and O–H groups in total. The molecule has 3 nitrogen and oxygen atoms in total. The summed E-state index contributed by atoms with van der Waals surface area (Å²) in [5.74, 6) is -0.695. The van der Waals surface area contributed by atoms with Gasteiger partial charge in [0.05, 0.1) is 0 Å². The molecule has 1 aliphatic carbocycles. The third-order valence-electron chi connectivity index (χ3n) is 2.73. The van der Waals surface area contributed by atoms with Gasteiger partial charge in [0.15, 0.2) is 0 Å². The van der Waals surface area contributed by atoms with E-state index in [2.05, 4.69) is 11.6 Å². The fourth-order valence-electron chi connectivity index (χ4n) is 1.97. The van der Waals surface area contributed by atoms with Crippen molar-refractivity contribution in [2.75, 3.05) is 12.8 Å². The van der Waals surface area contributed by atoms with Crippen LogP contribution in [0, 0.1) is 0 Å². The van der Waals surface area contributed by atoms with Crippen LogP contribution in [0.4, 0.5) is 0 Å². The van der Waals surface area contributed by atoms with Gasteiger partial charge in [-0.05, 0) is 32.1 Å². The van der Waals surface area contributed by atoms with E-state index in [1.54, 1.807) is 0 Å². The van der Waals surface area contributed by atoms with Crippen LogP contribution in [0.5, 0.6) is 0 Å². The highest BCUT2D eigenvalue weighted by molar-refractivity contribution is 7.99. The number of carbonyl (C=O) groups is 1. The van der Waals surface area contributed by atoms with Gasteiger partial charge in [0, 0.05) is 17.7 Å². The number of carboxylic acids is 1. The van der Waals surface area contributed by atoms with Crippen molar-refractivity contribution in [3.63, 3.8) is 0 Å². The molecule has 0 radical (unpaired) electrons. The molecule has 0 amide bonds. The second-order valence-corrected chi connectivity index (χ2v) is 4.84. The van der Waals surface area contributed by atoms with Gasteiger partial charge in [0.2, 0.25) is 0 Å². The van der Waals surface area contributed by atoms with Crippen LogP contribution in [0.25, 0.3) is 0 Å². The van der Waals surface area contributed by atoms with Crippen LogP contribution in [0.2, 0.25) is 0 Å². The number of rotatable bonds is 6. The Kier molecular flexibility index (Phi) is 5.33. The van der Waals surface area contributed by atoms with Crippen LogP contribution in [-0.2, 0) is 4.79 Å². The first kappa shape index (κ1) is 11.9. The molecule has 14 heavy (non-hydrogen) atoms. The summed E-state index contributed by atoms with van der Waals surface area (Å²) < 4.78 is 0. The minimum atomic E-state index is -0.695. The van der Waals surface area contributed by atoms with Crippen LogP contribution >= 0.6 is 11.8 Å². The van der Waals surface area contributed by atoms with Crippen molar-refractivity contribution in [3.05, 3.63) is 0 Å². The van der Waals surface area contributed by atoms with Gasteiger partial charge in [0.1, 0.15) is 0 Å². The average Bonchev–Trinajstić information content (AvgIpc) is 2.59. The monoisotopic (exact) mass is 217 g/mol. The van der Waals surface area contributed by atoms with Crippen LogP contribution < -0.4 is 5.32 Å². The molecule has 1 aliphatic rings. The van der Waals surface area contributed by atoms with E-state index in [0.29, 0.717) is 6.04 Å². The Morgan fingerprint density at radius 2 is 2.36 bits per heavy atom. The lowest BCUT2D eigenvalue weighted by Gasteiger charge is -2.18. The number of hydrogen-bond acceptors (Lipinski definition) is 3. The molecule has 0 aromatic carbocycles. The maximum atomic E-state index is 10.3. The van der Waals surface area contributed by atoms with Gasteiger partial charge >= 0.3 is 5.97 Å². The number of carboxylic acid groups (broad SMARTS) is 1. The Morgan fingerprint density at radius 3 is 3.00 bits per heavy atom. The van der Waals surface area contributed by atoms with Crippen molar-refractivity contribution in [2.45, 2.75) is 43.4 Å². The standard InChI is InChI=1S/C10H19NO2S/c1-14-9-5-2-4-8(9)11-7-3-6-10(12)13/h8-9,11H,2-7H2,1H3,(H,12,13). The highest BCUT2D eigenvalue weighted by Gasteiger charge is 2.25. The Labute approximate surface area is 89.6 Å². The van der Waals surface area contributed by atoms with Crippen LogP contribution in [0.15, 0.2) is 0 Å². The summed E-state index contributed by atoms with van der Waals surface area (Å²) in [5.41, 5.74) is 0. The maximum Gasteiger partial charge on any atom is 0.303 e. The molecule has 0 aromatic rings. The van der Waals surface area contributed by atoms with Crippen LogP contribution in [-0.4, -0.2) is 35.2 Å². The van der Waals surface area contributed by atoms with Gasteiger partial charge in [-0.2, -0.15) is 11.8 Å². The first-order valence-electron chi connectivity index (χ1n) is 5.22. The topological polar surface area (TPSA) is 49.3 Å². The number of thioether (sulfide) groups is 1. The largest absolute Gasteiger partial charge is 0.481 e. The predicted molar refractivity (Wildman–Crippen MR) is 59.8 cm³/mol. The average molecular weight is 217 g/mol. The fourth-order valence-corrected chi connectivity index (χ4v) is 2.93. The molecular formula is C10H19NO2S. The normalized spacial score (nSPS) is 26.6. The molecule has 0 heterocycles. The Hall–Kier alpha value is -0.220. The molecule has 82 valence electrons. The van der Waals surface area contributed by atoms with Crippen molar-refractivity contribution in [1.29, 1.82) is 0 Å². The van der Waals surface area contributed by atoms with Crippen molar-refractivity contribution in [2.24, 2.45) is 0 Å². The van der Waals surface area contributed by atoms with E-state index in [1.165, 1.54) is 19.3 Å². The van der Waals surface area contributed by atoms with Gasteiger partial charge in [-0.15, -0.1) is 0 Å². The number of hydrogen-bond donors (Lipinski definition) is 2. The van der Waals surface area contributed by atoms with Crippen molar-refractivity contribution >= 4 is 17.7 Å². The predicted octanol–water partition coefficient (Wildman–Crippen LogP) is 1.72. The second kappa shape index (κ2) is 6.30. The molecule has 1 fully saturated rings. The molecular weight excluding hydrogens is 198 g/mol. The molecule has 4 heteroatoms. The van der Waals surface area contributed by atoms with Gasteiger partial charge in [-0.3, -0.25) is 4.79 Å². The molecule has 0 saturated heterocycles. The van der Waals surface area contributed by atoms with Gasteiger partial charge in [0.25, 0.3) is 0 Å². The molecule has 0 spiro atoms. The zero-order chi connectivity index (χ0) is 10.4. The number of aliphatic carboxylic acids is 1.